The Kier molecular flexibility index (Phi) is 8.29. The third-order valence-electron chi connectivity index (χ3n) is 1.12. The zero-order valence-electron chi connectivity index (χ0n) is 7.24. The topological polar surface area (TPSA) is 2.70 Å². The zero-order chi connectivity index (χ0) is 11.1. The normalized spacial score (nSPS) is 10.8. The van der Waals surface area contributed by atoms with E-state index in [4.69, 9.17) is 0 Å². The minimum atomic E-state index is -4.82. The highest BCUT2D eigenvalue weighted by molar-refractivity contribution is 6.52. The van der Waals surface area contributed by atoms with Gasteiger partial charge in [-0.3, -0.25) is 12.9 Å². The van der Waals surface area contributed by atoms with E-state index in [-0.39, 0.29) is 13.2 Å². The molecule has 13 heavy (non-hydrogen) atoms. The zero-order valence-corrected chi connectivity index (χ0v) is 7.24. The third kappa shape index (κ3) is 11.7. The fourth-order valence-corrected chi connectivity index (χ4v) is 0.582. The van der Waals surface area contributed by atoms with Crippen molar-refractivity contribution < 1.29 is 30.2 Å². The Hall–Kier alpha value is -0.330. The Morgan fingerprint density at radius 1 is 1.00 bits per heavy atom. The molecule has 80 valence electrons. The van der Waals surface area contributed by atoms with E-state index in [1.165, 1.54) is 18.1 Å². The first-order valence-corrected chi connectivity index (χ1v) is 3.54. The van der Waals surface area contributed by atoms with Crippen LogP contribution in [0.25, 0.3) is 0 Å². The van der Waals surface area contributed by atoms with Crippen LogP contribution in [0.1, 0.15) is 13.8 Å². The summed E-state index contributed by atoms with van der Waals surface area (Å²) >= 11 is 0. The molecule has 0 radical (unpaired) electrons. The summed E-state index contributed by atoms with van der Waals surface area (Å²) in [6.07, 6.45) is 0. The predicted octanol–water partition coefficient (Wildman–Crippen LogP) is 2.80. The van der Waals surface area contributed by atoms with Crippen molar-refractivity contribution >= 4 is 14.7 Å². The van der Waals surface area contributed by atoms with E-state index in [1.807, 2.05) is 0 Å². The van der Waals surface area contributed by atoms with Gasteiger partial charge in [-0.15, -0.1) is 0 Å². The Labute approximate surface area is 73.1 Å². The predicted molar refractivity (Wildman–Crippen MR) is 40.3 cm³/mol. The van der Waals surface area contributed by atoms with Gasteiger partial charge in [0.05, 0.1) is 13.2 Å². The lowest BCUT2D eigenvalue weighted by Crippen LogP contribution is -2.35. The van der Waals surface area contributed by atoms with Gasteiger partial charge in [-0.2, -0.15) is 0 Å². The molecule has 0 aliphatic carbocycles. The van der Waals surface area contributed by atoms with Crippen molar-refractivity contribution in [2.24, 2.45) is 0 Å². The maximum Gasteiger partial charge on any atom is 0.843 e. The highest BCUT2D eigenvalue weighted by atomic mass is 19.4. The average molecular weight is 210 g/mol. The number of hydrogen-bond acceptors (Lipinski definition) is 0. The Morgan fingerprint density at radius 3 is 1.23 bits per heavy atom. The molecule has 0 bridgehead atoms. The molecule has 0 N–H and O–H groups in total. The smallest absolute Gasteiger partial charge is 0.582 e. The first-order chi connectivity index (χ1) is 5.75. The van der Waals surface area contributed by atoms with Gasteiger partial charge in [0.25, 0.3) is 0 Å². The molecule has 0 saturated heterocycles. The Balaban J connectivity index is 0. The van der Waals surface area contributed by atoms with Crippen molar-refractivity contribution in [3.8, 4) is 0 Å². The lowest BCUT2D eigenvalue weighted by molar-refractivity contribution is -0.0519. The lowest BCUT2D eigenvalue weighted by Gasteiger charge is -2.27. The summed E-state index contributed by atoms with van der Waals surface area (Å²) in [7, 11) is -8.49. The molecule has 0 unspecified atom stereocenters. The summed E-state index contributed by atoms with van der Waals surface area (Å²) in [6.45, 7) is 2.87. The number of hydrogen-bond donors (Lipinski definition) is 0. The van der Waals surface area contributed by atoms with E-state index < -0.39 is 14.7 Å². The second-order valence-corrected chi connectivity index (χ2v) is 1.88. The fourth-order valence-electron chi connectivity index (χ4n) is 0.582. The summed E-state index contributed by atoms with van der Waals surface area (Å²) in [4.78, 5) is 0. The molecule has 0 heterocycles. The molecule has 0 aliphatic rings. The van der Waals surface area contributed by atoms with E-state index in [1.54, 1.807) is 0 Å². The van der Waals surface area contributed by atoms with E-state index in [2.05, 4.69) is 0 Å². The number of halogens is 6. The first kappa shape index (κ1) is 15.2. The third-order valence-corrected chi connectivity index (χ3v) is 1.12. The van der Waals surface area contributed by atoms with Gasteiger partial charge in [-0.05, 0) is 13.8 Å². The van der Waals surface area contributed by atoms with Crippen LogP contribution in [0, 0.1) is 0 Å². The van der Waals surface area contributed by atoms with Crippen LogP contribution in [0.3, 0.4) is 0 Å². The molecule has 0 aromatic rings. The highest BCUT2D eigenvalue weighted by Gasteiger charge is 2.43. The van der Waals surface area contributed by atoms with Gasteiger partial charge in [0.2, 0.25) is 0 Å². The fraction of sp³-hybridized carbons (Fsp3) is 1.00. The molecule has 0 saturated carbocycles. The van der Waals surface area contributed by atoms with Crippen molar-refractivity contribution in [2.75, 3.05) is 13.2 Å². The van der Waals surface area contributed by atoms with Gasteiger partial charge < -0.3 is 17.2 Å². The maximum absolute atomic E-state index is 11.7. The maximum atomic E-state index is 11.7. The van der Waals surface area contributed by atoms with Crippen LogP contribution in [0.15, 0.2) is 0 Å². The molecular formula is C4H10B2F6O. The molecule has 0 aromatic carbocycles. The summed E-state index contributed by atoms with van der Waals surface area (Å²) in [5.41, 5.74) is 0. The molecule has 0 amide bonds. The van der Waals surface area contributed by atoms with Crippen molar-refractivity contribution in [1.29, 1.82) is 0 Å². The Morgan fingerprint density at radius 2 is 1.23 bits per heavy atom. The molecule has 1 nitrogen and oxygen atoms in total. The minimum absolute atomic E-state index is 0.0278. The summed E-state index contributed by atoms with van der Waals surface area (Å²) in [6, 6.07) is 0. The van der Waals surface area contributed by atoms with Gasteiger partial charge in [0.1, 0.15) is 0 Å². The van der Waals surface area contributed by atoms with Crippen LogP contribution >= 0.6 is 0 Å². The minimum Gasteiger partial charge on any atom is -0.582 e. The van der Waals surface area contributed by atoms with Crippen LogP contribution in [0.4, 0.5) is 25.9 Å². The van der Waals surface area contributed by atoms with E-state index in [0.717, 1.165) is 0 Å². The second kappa shape index (κ2) is 7.11. The molecule has 0 aliphatic heterocycles. The van der Waals surface area contributed by atoms with Gasteiger partial charge >= 0.3 is 14.7 Å². The molecule has 9 heteroatoms. The van der Waals surface area contributed by atoms with Gasteiger partial charge in [-0.1, -0.05) is 0 Å². The second-order valence-electron chi connectivity index (χ2n) is 1.88. The lowest BCUT2D eigenvalue weighted by atomic mass is 10.2. The van der Waals surface area contributed by atoms with E-state index in [9.17, 15) is 25.9 Å². The van der Waals surface area contributed by atoms with Gasteiger partial charge in [0.15, 0.2) is 0 Å². The van der Waals surface area contributed by atoms with Crippen LogP contribution < -0.4 is 0 Å². The van der Waals surface area contributed by atoms with Crippen LogP contribution in [0.5, 0.6) is 0 Å². The molecule has 0 fully saturated rings. The van der Waals surface area contributed by atoms with E-state index in [0.29, 0.717) is 0 Å². The van der Waals surface area contributed by atoms with Crippen molar-refractivity contribution in [3.63, 3.8) is 0 Å². The van der Waals surface area contributed by atoms with Crippen LogP contribution in [-0.4, -0.2) is 27.9 Å². The van der Waals surface area contributed by atoms with Gasteiger partial charge in [0, 0.05) is 0 Å². The average Bonchev–Trinajstić information content (AvgIpc) is 1.85. The molecular weight excluding hydrogens is 200 g/mol. The highest BCUT2D eigenvalue weighted by Crippen LogP contribution is 2.18. The molecule has 0 rings (SSSR count). The standard InChI is InChI=1S/C4H10BF3O.BF3/c1-3-9(4-2)5(6,7)8;2-1(3)4/h3-4H2,1-2H3;. The molecule has 0 atom stereocenters. The van der Waals surface area contributed by atoms with Crippen molar-refractivity contribution in [1.82, 2.24) is 0 Å². The quantitative estimate of drug-likeness (QED) is 0.382. The van der Waals surface area contributed by atoms with Crippen LogP contribution in [0.2, 0.25) is 0 Å². The molecule has 0 spiro atoms. The summed E-state index contributed by atoms with van der Waals surface area (Å²) in [5.74, 6) is 0. The van der Waals surface area contributed by atoms with Crippen molar-refractivity contribution in [2.45, 2.75) is 13.8 Å². The first-order valence-electron chi connectivity index (χ1n) is 3.54. The van der Waals surface area contributed by atoms with E-state index >= 15 is 0 Å². The Bertz CT molecular complexity index is 111. The van der Waals surface area contributed by atoms with Crippen LogP contribution in [-0.2, 0) is 4.28 Å². The summed E-state index contributed by atoms with van der Waals surface area (Å²) in [5, 5.41) is 0. The van der Waals surface area contributed by atoms with Crippen molar-refractivity contribution in [3.05, 3.63) is 0 Å². The van der Waals surface area contributed by atoms with Gasteiger partial charge in [-0.25, -0.2) is 0 Å². The monoisotopic (exact) mass is 210 g/mol. The SMILES string of the molecule is CC[O+](CC)[B-](F)(F)F.FB(F)F. The number of rotatable bonds is 3. The molecule has 0 aromatic heterocycles. The largest absolute Gasteiger partial charge is 0.843 e. The summed E-state index contributed by atoms with van der Waals surface area (Å²) < 4.78 is 65.3.